The largest absolute Gasteiger partial charge is 0.480 e. The maximum atomic E-state index is 15.1. The van der Waals surface area contributed by atoms with Crippen molar-refractivity contribution in [1.82, 2.24) is 19.8 Å². The Hall–Kier alpha value is -2.65. The molecule has 3 aliphatic rings. The van der Waals surface area contributed by atoms with Gasteiger partial charge in [-0.2, -0.15) is 0 Å². The zero-order chi connectivity index (χ0) is 29.7. The van der Waals surface area contributed by atoms with Crippen molar-refractivity contribution in [2.24, 2.45) is 5.92 Å². The van der Waals surface area contributed by atoms with Gasteiger partial charge in [-0.15, -0.1) is 0 Å². The third-order valence-corrected chi connectivity index (χ3v) is 9.16. The summed E-state index contributed by atoms with van der Waals surface area (Å²) in [6.07, 6.45) is 10.5. The minimum absolute atomic E-state index is 0.180. The molecule has 0 spiro atoms. The number of likely N-dealkylation sites (tertiary alicyclic amines) is 1. The number of hydrogen-bond acceptors (Lipinski definition) is 6. The number of nitrogens with one attached hydrogen (secondary N) is 1. The van der Waals surface area contributed by atoms with E-state index in [9.17, 15) is 9.90 Å². The Bertz CT molecular complexity index is 1200. The van der Waals surface area contributed by atoms with Gasteiger partial charge >= 0.3 is 5.97 Å². The lowest BCUT2D eigenvalue weighted by molar-refractivity contribution is -0.143. The number of rotatable bonds is 15. The highest BCUT2D eigenvalue weighted by molar-refractivity contribution is 5.76. The number of alkyl halides is 2. The Balaban J connectivity index is 1.09. The summed E-state index contributed by atoms with van der Waals surface area (Å²) < 4.78 is 30.2. The Morgan fingerprint density at radius 3 is 2.76 bits per heavy atom. The van der Waals surface area contributed by atoms with Crippen molar-refractivity contribution >= 4 is 11.8 Å². The fraction of sp³-hybridized carbons (Fsp3) is 0.667. The van der Waals surface area contributed by atoms with Crippen LogP contribution in [0.4, 0.5) is 14.6 Å². The molecular formula is C33H47F2N5O2. The summed E-state index contributed by atoms with van der Waals surface area (Å²) in [7, 11) is 4.20. The van der Waals surface area contributed by atoms with Crippen LogP contribution in [0.25, 0.3) is 0 Å². The second-order valence-electron chi connectivity index (χ2n) is 13.0. The van der Waals surface area contributed by atoms with Crippen LogP contribution in [0.5, 0.6) is 0 Å². The first-order chi connectivity index (χ1) is 20.2. The van der Waals surface area contributed by atoms with Gasteiger partial charge in [0.15, 0.2) is 0 Å². The third kappa shape index (κ3) is 8.25. The average Bonchev–Trinajstić information content (AvgIpc) is 3.70. The van der Waals surface area contributed by atoms with E-state index in [1.165, 1.54) is 18.4 Å². The molecule has 0 radical (unpaired) electrons. The zero-order valence-corrected chi connectivity index (χ0v) is 25.2. The molecule has 2 N–H and O–H groups in total. The molecule has 230 valence electrons. The highest BCUT2D eigenvalue weighted by atomic mass is 19.3. The summed E-state index contributed by atoms with van der Waals surface area (Å²) in [5.74, 6) is -2.67. The second kappa shape index (κ2) is 13.8. The van der Waals surface area contributed by atoms with Crippen molar-refractivity contribution < 1.29 is 18.7 Å². The van der Waals surface area contributed by atoms with Crippen molar-refractivity contribution in [2.45, 2.75) is 101 Å². The number of aryl methyl sites for hydroxylation is 2. The van der Waals surface area contributed by atoms with E-state index in [4.69, 9.17) is 4.98 Å². The van der Waals surface area contributed by atoms with Gasteiger partial charge in [0.1, 0.15) is 11.9 Å². The summed E-state index contributed by atoms with van der Waals surface area (Å²) >= 11 is 0. The normalized spacial score (nSPS) is 21.7. The van der Waals surface area contributed by atoms with Crippen LogP contribution >= 0.6 is 0 Å². The lowest BCUT2D eigenvalue weighted by Crippen LogP contribution is -2.34. The van der Waals surface area contributed by atoms with Gasteiger partial charge in [-0.1, -0.05) is 18.6 Å². The summed E-state index contributed by atoms with van der Waals surface area (Å²) in [6, 6.07) is 7.32. The SMILES string of the molecule is CN(C)CCCCC1CCc2ccc(CCCC(F)(F)C[C@@H]3CCN(C(C(=O)O)c4cccnc4C4CC4)C3)nc2N1. The fourth-order valence-electron chi connectivity index (χ4n) is 6.79. The monoisotopic (exact) mass is 583 g/mol. The van der Waals surface area contributed by atoms with E-state index in [1.54, 1.807) is 12.3 Å². The first-order valence-corrected chi connectivity index (χ1v) is 15.9. The fourth-order valence-corrected chi connectivity index (χ4v) is 6.79. The summed E-state index contributed by atoms with van der Waals surface area (Å²) in [5.41, 5.74) is 3.67. The quantitative estimate of drug-likeness (QED) is 0.238. The number of hydrogen-bond donors (Lipinski definition) is 2. The maximum Gasteiger partial charge on any atom is 0.325 e. The van der Waals surface area contributed by atoms with Crippen molar-refractivity contribution in [3.05, 3.63) is 53.0 Å². The molecule has 2 aromatic heterocycles. The molecule has 0 bridgehead atoms. The molecule has 1 aliphatic carbocycles. The Morgan fingerprint density at radius 2 is 2.00 bits per heavy atom. The molecule has 3 atom stereocenters. The maximum absolute atomic E-state index is 15.1. The standard InChI is InChI=1S/C33H47F2N5O2/c1-39(2)19-4-3-7-26-14-12-25-13-15-27(38-31(25)37-26)8-5-17-33(34,35)21-23-16-20-40(22-23)30(32(41)42)28-9-6-18-36-29(28)24-10-11-24/h6,9,13,15,18,23-24,26,30H,3-5,7-8,10-12,14,16-17,19-22H2,1-2H3,(H,37,38)(H,41,42)/t23-,26?,30?/m0/s1. The molecule has 1 saturated carbocycles. The van der Waals surface area contributed by atoms with Crippen LogP contribution < -0.4 is 5.32 Å². The van der Waals surface area contributed by atoms with E-state index in [0.717, 1.165) is 61.4 Å². The lowest BCUT2D eigenvalue weighted by atomic mass is 9.95. The topological polar surface area (TPSA) is 81.6 Å². The minimum Gasteiger partial charge on any atom is -0.480 e. The van der Waals surface area contributed by atoms with Gasteiger partial charge < -0.3 is 15.3 Å². The molecule has 4 heterocycles. The Morgan fingerprint density at radius 1 is 1.17 bits per heavy atom. The Kier molecular flexibility index (Phi) is 10.1. The number of carboxylic acid groups (broad SMARTS) is 1. The molecule has 5 rings (SSSR count). The number of aromatic nitrogens is 2. The predicted molar refractivity (Wildman–Crippen MR) is 161 cm³/mol. The molecule has 2 fully saturated rings. The predicted octanol–water partition coefficient (Wildman–Crippen LogP) is 6.31. The van der Waals surface area contributed by atoms with Gasteiger partial charge in [-0.05, 0) is 109 Å². The van der Waals surface area contributed by atoms with Crippen LogP contribution in [0.2, 0.25) is 0 Å². The van der Waals surface area contributed by atoms with E-state index < -0.39 is 17.9 Å². The van der Waals surface area contributed by atoms with E-state index in [0.29, 0.717) is 44.3 Å². The highest BCUT2D eigenvalue weighted by Gasteiger charge is 2.41. The molecule has 1 saturated heterocycles. The van der Waals surface area contributed by atoms with Gasteiger partial charge in [0.25, 0.3) is 0 Å². The number of fused-ring (bicyclic) bond motifs is 1. The van der Waals surface area contributed by atoms with E-state index >= 15 is 8.78 Å². The minimum atomic E-state index is -2.78. The van der Waals surface area contributed by atoms with Crippen molar-refractivity contribution in [3.8, 4) is 0 Å². The average molecular weight is 584 g/mol. The molecule has 0 amide bonds. The van der Waals surface area contributed by atoms with Crippen LogP contribution in [0.1, 0.15) is 98.7 Å². The van der Waals surface area contributed by atoms with Crippen LogP contribution in [0.15, 0.2) is 30.5 Å². The lowest BCUT2D eigenvalue weighted by Gasteiger charge is -2.27. The number of nitrogens with zero attached hydrogens (tertiary/aromatic N) is 4. The van der Waals surface area contributed by atoms with Crippen molar-refractivity contribution in [3.63, 3.8) is 0 Å². The van der Waals surface area contributed by atoms with Gasteiger partial charge in [0, 0.05) is 54.5 Å². The smallest absolute Gasteiger partial charge is 0.325 e. The molecule has 0 aromatic carbocycles. The Labute approximate surface area is 249 Å². The van der Waals surface area contributed by atoms with Gasteiger partial charge in [0.05, 0.1) is 0 Å². The molecule has 2 aromatic rings. The number of pyridine rings is 2. The number of halogens is 2. The first-order valence-electron chi connectivity index (χ1n) is 15.9. The molecule has 7 nitrogen and oxygen atoms in total. The summed E-state index contributed by atoms with van der Waals surface area (Å²) in [6.45, 7) is 1.99. The van der Waals surface area contributed by atoms with Crippen LogP contribution in [-0.2, 0) is 17.6 Å². The highest BCUT2D eigenvalue weighted by Crippen LogP contribution is 2.44. The molecule has 9 heteroatoms. The third-order valence-electron chi connectivity index (χ3n) is 9.16. The van der Waals surface area contributed by atoms with Crippen molar-refractivity contribution in [2.75, 3.05) is 39.0 Å². The van der Waals surface area contributed by atoms with Crippen LogP contribution in [0, 0.1) is 5.92 Å². The van der Waals surface area contributed by atoms with Gasteiger partial charge in [0.2, 0.25) is 5.92 Å². The van der Waals surface area contributed by atoms with Crippen LogP contribution in [0.3, 0.4) is 0 Å². The molecular weight excluding hydrogens is 536 g/mol. The molecule has 2 aliphatic heterocycles. The number of aliphatic carboxylic acids is 1. The summed E-state index contributed by atoms with van der Waals surface area (Å²) in [5, 5.41) is 13.7. The van der Waals surface area contributed by atoms with Crippen molar-refractivity contribution in [1.29, 1.82) is 0 Å². The number of carbonyl (C=O) groups is 1. The summed E-state index contributed by atoms with van der Waals surface area (Å²) in [4.78, 5) is 25.7. The number of carboxylic acids is 1. The van der Waals surface area contributed by atoms with Gasteiger partial charge in [-0.25, -0.2) is 13.8 Å². The van der Waals surface area contributed by atoms with Crippen LogP contribution in [-0.4, -0.2) is 76.5 Å². The van der Waals surface area contributed by atoms with E-state index in [-0.39, 0.29) is 18.8 Å². The second-order valence-corrected chi connectivity index (χ2v) is 13.0. The van der Waals surface area contributed by atoms with E-state index in [1.807, 2.05) is 17.0 Å². The zero-order valence-electron chi connectivity index (χ0n) is 25.2. The van der Waals surface area contributed by atoms with E-state index in [2.05, 4.69) is 35.4 Å². The number of unbranched alkanes of at least 4 members (excludes halogenated alkanes) is 1. The number of anilines is 1. The first kappa shape index (κ1) is 30.8. The van der Waals surface area contributed by atoms with Gasteiger partial charge in [-0.3, -0.25) is 14.7 Å². The molecule has 42 heavy (non-hydrogen) atoms. The molecule has 2 unspecified atom stereocenters.